The smallest absolute Gasteiger partial charge is 0.127 e. The van der Waals surface area contributed by atoms with Crippen molar-refractivity contribution in [1.29, 1.82) is 0 Å². The molecule has 3 rings (SSSR count). The number of aryl methyl sites for hydroxylation is 1. The van der Waals surface area contributed by atoms with Gasteiger partial charge in [-0.2, -0.15) is 0 Å². The van der Waals surface area contributed by atoms with E-state index < -0.39 is 10.8 Å². The number of methoxy groups -OCH3 is 1. The molecule has 0 heterocycles. The highest BCUT2D eigenvalue weighted by Crippen LogP contribution is 2.36. The molecule has 0 aliphatic heterocycles. The third-order valence-corrected chi connectivity index (χ3v) is 5.15. The molecule has 116 valence electrons. The molecule has 0 N–H and O–H groups in total. The van der Waals surface area contributed by atoms with Gasteiger partial charge in [-0.05, 0) is 36.8 Å². The van der Waals surface area contributed by atoms with E-state index in [4.69, 9.17) is 4.74 Å². The van der Waals surface area contributed by atoms with E-state index in [1.165, 1.54) is 0 Å². The number of benzene rings is 3. The van der Waals surface area contributed by atoms with Crippen LogP contribution in [0.2, 0.25) is 0 Å². The summed E-state index contributed by atoms with van der Waals surface area (Å²) >= 11 is 0. The lowest BCUT2D eigenvalue weighted by molar-refractivity contribution is 0.415. The van der Waals surface area contributed by atoms with Crippen molar-refractivity contribution in [1.82, 2.24) is 0 Å². The molecule has 2 nitrogen and oxygen atoms in total. The number of ether oxygens (including phenoxy) is 1. The molecule has 0 radical (unpaired) electrons. The van der Waals surface area contributed by atoms with Crippen molar-refractivity contribution in [3.05, 3.63) is 78.4 Å². The fraction of sp³-hybridized carbons (Fsp3) is 0.100. The molecule has 0 spiro atoms. The minimum absolute atomic E-state index is 0.731. The Hall–Kier alpha value is -2.39. The maximum Gasteiger partial charge on any atom is 0.127 e. The van der Waals surface area contributed by atoms with Gasteiger partial charge in [0.05, 0.1) is 22.8 Å². The van der Waals surface area contributed by atoms with E-state index in [2.05, 4.69) is 0 Å². The van der Waals surface area contributed by atoms with Gasteiger partial charge in [0.25, 0.3) is 0 Å². The maximum absolute atomic E-state index is 13.1. The van der Waals surface area contributed by atoms with Crippen LogP contribution < -0.4 is 4.74 Å². The predicted molar refractivity (Wildman–Crippen MR) is 94.3 cm³/mol. The first-order chi connectivity index (χ1) is 11.2. The fourth-order valence-corrected chi connectivity index (χ4v) is 3.76. The second-order valence-corrected chi connectivity index (χ2v) is 6.73. The second-order valence-electron chi connectivity index (χ2n) is 5.28. The first kappa shape index (κ1) is 15.5. The van der Waals surface area contributed by atoms with Crippen molar-refractivity contribution in [2.75, 3.05) is 7.11 Å². The third kappa shape index (κ3) is 3.20. The van der Waals surface area contributed by atoms with Crippen LogP contribution >= 0.6 is 0 Å². The Morgan fingerprint density at radius 1 is 0.826 bits per heavy atom. The minimum Gasteiger partial charge on any atom is -0.496 e. The molecular weight excluding hydrogens is 304 g/mol. The van der Waals surface area contributed by atoms with Crippen molar-refractivity contribution in [3.63, 3.8) is 0 Å². The normalized spacial score (nSPS) is 11.9. The zero-order chi connectivity index (χ0) is 16.2. The van der Waals surface area contributed by atoms with E-state index in [9.17, 15) is 4.21 Å². The van der Waals surface area contributed by atoms with Gasteiger partial charge in [-0.15, -0.1) is 0 Å². The average molecular weight is 322 g/mol. The monoisotopic (exact) mass is 322 g/mol. The van der Waals surface area contributed by atoms with Crippen LogP contribution in [0.15, 0.2) is 82.6 Å². The summed E-state index contributed by atoms with van der Waals surface area (Å²) < 4.78 is 18.6. The summed E-state index contributed by atoms with van der Waals surface area (Å²) in [5.41, 5.74) is 3.04. The van der Waals surface area contributed by atoms with E-state index in [0.717, 1.165) is 32.2 Å². The lowest BCUT2D eigenvalue weighted by Crippen LogP contribution is -1.98. The highest BCUT2D eigenvalue weighted by atomic mass is 32.2. The van der Waals surface area contributed by atoms with Crippen molar-refractivity contribution in [3.8, 4) is 16.9 Å². The second kappa shape index (κ2) is 6.80. The van der Waals surface area contributed by atoms with E-state index in [0.29, 0.717) is 0 Å². The predicted octanol–water partition coefficient (Wildman–Crippen LogP) is 4.84. The summed E-state index contributed by atoms with van der Waals surface area (Å²) in [6, 6.07) is 23.4. The Labute approximate surface area is 139 Å². The van der Waals surface area contributed by atoms with Gasteiger partial charge in [-0.25, -0.2) is 4.21 Å². The van der Waals surface area contributed by atoms with Gasteiger partial charge in [-0.3, -0.25) is 0 Å². The van der Waals surface area contributed by atoms with Gasteiger partial charge in [-0.1, -0.05) is 54.1 Å². The van der Waals surface area contributed by atoms with Gasteiger partial charge in [0.2, 0.25) is 0 Å². The van der Waals surface area contributed by atoms with Crippen molar-refractivity contribution < 1.29 is 8.95 Å². The largest absolute Gasteiger partial charge is 0.496 e. The van der Waals surface area contributed by atoms with Gasteiger partial charge < -0.3 is 4.74 Å². The molecule has 0 amide bonds. The Balaban J connectivity index is 2.16. The average Bonchev–Trinajstić information content (AvgIpc) is 2.61. The molecule has 0 saturated heterocycles. The number of rotatable bonds is 4. The quantitative estimate of drug-likeness (QED) is 0.687. The minimum atomic E-state index is -1.26. The van der Waals surface area contributed by atoms with Crippen molar-refractivity contribution >= 4 is 10.8 Å². The lowest BCUT2D eigenvalue weighted by atomic mass is 10.0. The highest BCUT2D eigenvalue weighted by Gasteiger charge is 2.17. The maximum atomic E-state index is 13.1. The summed E-state index contributed by atoms with van der Waals surface area (Å²) in [4.78, 5) is 1.56. The highest BCUT2D eigenvalue weighted by molar-refractivity contribution is 7.85. The van der Waals surface area contributed by atoms with E-state index >= 15 is 0 Å². The standard InChI is InChI=1S/C20H18O2S/c1-15-11-13-17(14-12-15)23(21)19-10-6-9-18(22-2)20(19)16-7-4-3-5-8-16/h3-14H,1-2H3/t23-/m0/s1. The molecule has 0 bridgehead atoms. The molecule has 3 aromatic rings. The van der Waals surface area contributed by atoms with Gasteiger partial charge in [0, 0.05) is 10.5 Å². The molecule has 0 unspecified atom stereocenters. The molecule has 0 aliphatic carbocycles. The first-order valence-corrected chi connectivity index (χ1v) is 8.56. The fourth-order valence-electron chi connectivity index (χ4n) is 2.51. The van der Waals surface area contributed by atoms with Crippen LogP contribution in [0, 0.1) is 6.92 Å². The Morgan fingerprint density at radius 3 is 2.17 bits per heavy atom. The summed E-state index contributed by atoms with van der Waals surface area (Å²) in [7, 11) is 0.380. The first-order valence-electron chi connectivity index (χ1n) is 7.41. The van der Waals surface area contributed by atoms with Crippen molar-refractivity contribution in [2.24, 2.45) is 0 Å². The van der Waals surface area contributed by atoms with Crippen LogP contribution in [0.5, 0.6) is 5.75 Å². The Morgan fingerprint density at radius 2 is 1.52 bits per heavy atom. The van der Waals surface area contributed by atoms with Crippen molar-refractivity contribution in [2.45, 2.75) is 16.7 Å². The van der Waals surface area contributed by atoms with Crippen LogP contribution in [0.4, 0.5) is 0 Å². The van der Waals surface area contributed by atoms with Crippen LogP contribution in [0.25, 0.3) is 11.1 Å². The van der Waals surface area contributed by atoms with Crippen LogP contribution in [-0.4, -0.2) is 11.3 Å². The van der Waals surface area contributed by atoms with E-state index in [1.54, 1.807) is 7.11 Å². The van der Waals surface area contributed by atoms with Gasteiger partial charge >= 0.3 is 0 Å². The van der Waals surface area contributed by atoms with Crippen LogP contribution in [-0.2, 0) is 10.8 Å². The molecule has 0 fully saturated rings. The van der Waals surface area contributed by atoms with Crippen LogP contribution in [0.3, 0.4) is 0 Å². The molecular formula is C20H18O2S. The Bertz CT molecular complexity index is 824. The lowest BCUT2D eigenvalue weighted by Gasteiger charge is -2.14. The molecule has 23 heavy (non-hydrogen) atoms. The molecule has 0 aromatic heterocycles. The molecule has 0 aliphatic rings. The SMILES string of the molecule is COc1cccc([S@@](=O)c2ccc(C)cc2)c1-c1ccccc1. The van der Waals surface area contributed by atoms with Crippen LogP contribution in [0.1, 0.15) is 5.56 Å². The third-order valence-electron chi connectivity index (χ3n) is 3.71. The van der Waals surface area contributed by atoms with E-state index in [-0.39, 0.29) is 0 Å². The Kier molecular flexibility index (Phi) is 4.58. The number of hydrogen-bond acceptors (Lipinski definition) is 2. The zero-order valence-electron chi connectivity index (χ0n) is 13.2. The van der Waals surface area contributed by atoms with Gasteiger partial charge in [0.1, 0.15) is 5.75 Å². The molecule has 1 atom stereocenters. The number of hydrogen-bond donors (Lipinski definition) is 0. The topological polar surface area (TPSA) is 26.3 Å². The van der Waals surface area contributed by atoms with E-state index in [1.807, 2.05) is 79.7 Å². The summed E-state index contributed by atoms with van der Waals surface area (Å²) in [5.74, 6) is 0.731. The summed E-state index contributed by atoms with van der Waals surface area (Å²) in [6.07, 6.45) is 0. The molecule has 3 heteroatoms. The zero-order valence-corrected chi connectivity index (χ0v) is 14.0. The van der Waals surface area contributed by atoms with Gasteiger partial charge in [0.15, 0.2) is 0 Å². The molecule has 0 saturated carbocycles. The molecule has 3 aromatic carbocycles. The summed E-state index contributed by atoms with van der Waals surface area (Å²) in [5, 5.41) is 0. The summed E-state index contributed by atoms with van der Waals surface area (Å²) in [6.45, 7) is 2.02.